The molecule has 0 aromatic rings. The van der Waals surface area contributed by atoms with Crippen molar-refractivity contribution in [2.24, 2.45) is 11.8 Å². The normalized spacial score (nSPS) is 13.8. The van der Waals surface area contributed by atoms with Crippen LogP contribution in [-0.4, -0.2) is 22.2 Å². The van der Waals surface area contributed by atoms with Gasteiger partial charge in [0.2, 0.25) is 0 Å². The van der Waals surface area contributed by atoms with Gasteiger partial charge in [-0.3, -0.25) is 9.59 Å². The molecular formula is C22H40O4. The monoisotopic (exact) mass is 368 g/mol. The molecule has 0 aliphatic rings. The number of allylic oxidation sites excluding steroid dienone is 2. The third kappa shape index (κ3) is 13.9. The fourth-order valence-electron chi connectivity index (χ4n) is 3.42. The van der Waals surface area contributed by atoms with E-state index >= 15 is 0 Å². The van der Waals surface area contributed by atoms with Crippen LogP contribution in [-0.2, 0) is 9.59 Å². The molecule has 4 nitrogen and oxygen atoms in total. The number of carbonyl (C=O) groups is 2. The van der Waals surface area contributed by atoms with Crippen molar-refractivity contribution in [3.8, 4) is 0 Å². The van der Waals surface area contributed by atoms with Crippen molar-refractivity contribution >= 4 is 11.9 Å². The van der Waals surface area contributed by atoms with Crippen LogP contribution in [0.3, 0.4) is 0 Å². The van der Waals surface area contributed by atoms with Crippen molar-refractivity contribution in [1.29, 1.82) is 0 Å². The molecule has 26 heavy (non-hydrogen) atoms. The maximum atomic E-state index is 11.5. The average molecular weight is 369 g/mol. The Balaban J connectivity index is 4.19. The smallest absolute Gasteiger partial charge is 0.307 e. The number of hydrogen-bond acceptors (Lipinski definition) is 2. The van der Waals surface area contributed by atoms with Crippen LogP contribution in [0.5, 0.6) is 0 Å². The minimum Gasteiger partial charge on any atom is -0.481 e. The first-order valence-electron chi connectivity index (χ1n) is 10.6. The molecule has 0 saturated heterocycles. The predicted molar refractivity (Wildman–Crippen MR) is 107 cm³/mol. The number of rotatable bonds is 18. The van der Waals surface area contributed by atoms with Gasteiger partial charge in [-0.05, 0) is 38.0 Å². The summed E-state index contributed by atoms with van der Waals surface area (Å²) in [6.45, 7) is 4.17. The van der Waals surface area contributed by atoms with Gasteiger partial charge in [0.05, 0.1) is 5.92 Å². The summed E-state index contributed by atoms with van der Waals surface area (Å²) in [5, 5.41) is 18.1. The van der Waals surface area contributed by atoms with Crippen molar-refractivity contribution in [2.75, 3.05) is 0 Å². The molecule has 0 aromatic carbocycles. The van der Waals surface area contributed by atoms with Gasteiger partial charge in [-0.25, -0.2) is 0 Å². The lowest BCUT2D eigenvalue weighted by molar-refractivity contribution is -0.143. The van der Waals surface area contributed by atoms with Gasteiger partial charge in [-0.1, -0.05) is 77.4 Å². The van der Waals surface area contributed by atoms with Crippen LogP contribution in [0.1, 0.15) is 104 Å². The maximum absolute atomic E-state index is 11.5. The fraction of sp³-hybridized carbons (Fsp3) is 0.818. The number of unbranched alkanes of at least 4 members (excludes halogenated alkanes) is 9. The number of aliphatic carboxylic acids is 2. The lowest BCUT2D eigenvalue weighted by atomic mass is 9.85. The van der Waals surface area contributed by atoms with E-state index in [1.54, 1.807) is 0 Å². The Morgan fingerprint density at radius 3 is 2.08 bits per heavy atom. The molecule has 0 fully saturated rings. The molecule has 152 valence electrons. The molecule has 0 amide bonds. The topological polar surface area (TPSA) is 74.6 Å². The summed E-state index contributed by atoms with van der Waals surface area (Å²) < 4.78 is 0. The Hall–Kier alpha value is -1.32. The van der Waals surface area contributed by atoms with Crippen LogP contribution in [0, 0.1) is 11.8 Å². The second kappa shape index (κ2) is 17.1. The summed E-state index contributed by atoms with van der Waals surface area (Å²) in [7, 11) is 0. The molecule has 0 aliphatic carbocycles. The molecule has 4 heteroatoms. The SMILES string of the molecule is CCCCCCCC/C=C/C(CCCCCCC(=O)O)C(CC)C(=O)O. The highest BCUT2D eigenvalue weighted by Crippen LogP contribution is 2.25. The zero-order chi connectivity index (χ0) is 19.6. The molecule has 2 N–H and O–H groups in total. The zero-order valence-electron chi connectivity index (χ0n) is 16.9. The summed E-state index contributed by atoms with van der Waals surface area (Å²) >= 11 is 0. The van der Waals surface area contributed by atoms with Gasteiger partial charge in [-0.2, -0.15) is 0 Å². The minimum absolute atomic E-state index is 0.0945. The van der Waals surface area contributed by atoms with Gasteiger partial charge in [0, 0.05) is 6.42 Å². The molecule has 0 rings (SSSR count). The Kier molecular flexibility index (Phi) is 16.2. The predicted octanol–water partition coefficient (Wildman–Crippen LogP) is 6.45. The Morgan fingerprint density at radius 1 is 0.846 bits per heavy atom. The second-order valence-electron chi connectivity index (χ2n) is 7.35. The number of carboxylic acids is 2. The number of hydrogen-bond donors (Lipinski definition) is 2. The van der Waals surface area contributed by atoms with Crippen molar-refractivity contribution in [3.05, 3.63) is 12.2 Å². The van der Waals surface area contributed by atoms with Crippen LogP contribution < -0.4 is 0 Å². The van der Waals surface area contributed by atoms with Crippen LogP contribution in [0.15, 0.2) is 12.2 Å². The molecule has 0 spiro atoms. The van der Waals surface area contributed by atoms with Crippen molar-refractivity contribution in [3.63, 3.8) is 0 Å². The van der Waals surface area contributed by atoms with Gasteiger partial charge < -0.3 is 10.2 Å². The Morgan fingerprint density at radius 2 is 1.46 bits per heavy atom. The standard InChI is InChI=1S/C22H40O4/c1-3-5-6-7-8-9-10-13-16-19(20(4-2)22(25)26)17-14-11-12-15-18-21(23)24/h13,16,19-20H,3-12,14-15,17-18H2,1-2H3,(H,23,24)(H,25,26)/b16-13+. The van der Waals surface area contributed by atoms with Crippen LogP contribution in [0.4, 0.5) is 0 Å². The quantitative estimate of drug-likeness (QED) is 0.215. The summed E-state index contributed by atoms with van der Waals surface area (Å²) in [6.07, 6.45) is 18.3. The Labute approximate surface area is 160 Å². The second-order valence-corrected chi connectivity index (χ2v) is 7.35. The highest BCUT2D eigenvalue weighted by Gasteiger charge is 2.23. The van der Waals surface area contributed by atoms with E-state index in [1.165, 1.54) is 38.5 Å². The lowest BCUT2D eigenvalue weighted by Crippen LogP contribution is -2.21. The van der Waals surface area contributed by atoms with E-state index in [2.05, 4.69) is 19.1 Å². The molecular weight excluding hydrogens is 328 g/mol. The first-order chi connectivity index (χ1) is 12.5. The molecule has 0 radical (unpaired) electrons. The van der Waals surface area contributed by atoms with Gasteiger partial charge in [-0.15, -0.1) is 0 Å². The van der Waals surface area contributed by atoms with E-state index in [0.29, 0.717) is 12.8 Å². The van der Waals surface area contributed by atoms with E-state index in [9.17, 15) is 14.7 Å². The third-order valence-corrected chi connectivity index (χ3v) is 5.06. The fourth-order valence-corrected chi connectivity index (χ4v) is 3.42. The van der Waals surface area contributed by atoms with E-state index in [1.807, 2.05) is 6.92 Å². The van der Waals surface area contributed by atoms with Crippen LogP contribution in [0.25, 0.3) is 0 Å². The summed E-state index contributed by atoms with van der Waals surface area (Å²) in [4.78, 5) is 22.0. The lowest BCUT2D eigenvalue weighted by Gasteiger charge is -2.20. The molecule has 2 atom stereocenters. The number of carboxylic acid groups (broad SMARTS) is 2. The van der Waals surface area contributed by atoms with E-state index in [4.69, 9.17) is 5.11 Å². The summed E-state index contributed by atoms with van der Waals surface area (Å²) in [5.41, 5.74) is 0. The van der Waals surface area contributed by atoms with Gasteiger partial charge in [0.1, 0.15) is 0 Å². The zero-order valence-corrected chi connectivity index (χ0v) is 16.9. The first-order valence-corrected chi connectivity index (χ1v) is 10.6. The van der Waals surface area contributed by atoms with E-state index in [0.717, 1.165) is 32.1 Å². The molecule has 0 bridgehead atoms. The first kappa shape index (κ1) is 24.7. The molecule has 2 unspecified atom stereocenters. The minimum atomic E-state index is -0.738. The van der Waals surface area contributed by atoms with Gasteiger partial charge in [0.15, 0.2) is 0 Å². The average Bonchev–Trinajstić information content (AvgIpc) is 2.59. The van der Waals surface area contributed by atoms with E-state index in [-0.39, 0.29) is 18.3 Å². The van der Waals surface area contributed by atoms with Gasteiger partial charge >= 0.3 is 11.9 Å². The van der Waals surface area contributed by atoms with Crippen LogP contribution in [0.2, 0.25) is 0 Å². The highest BCUT2D eigenvalue weighted by atomic mass is 16.4. The Bertz CT molecular complexity index is 390. The van der Waals surface area contributed by atoms with Crippen LogP contribution >= 0.6 is 0 Å². The van der Waals surface area contributed by atoms with E-state index < -0.39 is 11.9 Å². The largest absolute Gasteiger partial charge is 0.481 e. The van der Waals surface area contributed by atoms with Gasteiger partial charge in [0.25, 0.3) is 0 Å². The summed E-state index contributed by atoms with van der Waals surface area (Å²) in [5.74, 6) is -1.66. The molecule has 0 heterocycles. The van der Waals surface area contributed by atoms with Crippen molar-refractivity contribution < 1.29 is 19.8 Å². The third-order valence-electron chi connectivity index (χ3n) is 5.06. The maximum Gasteiger partial charge on any atom is 0.307 e. The molecule has 0 aliphatic heterocycles. The summed E-state index contributed by atoms with van der Waals surface area (Å²) in [6, 6.07) is 0. The molecule has 0 saturated carbocycles. The highest BCUT2D eigenvalue weighted by molar-refractivity contribution is 5.70. The van der Waals surface area contributed by atoms with Crippen molar-refractivity contribution in [1.82, 2.24) is 0 Å². The molecule has 0 aromatic heterocycles. The van der Waals surface area contributed by atoms with Crippen molar-refractivity contribution in [2.45, 2.75) is 104 Å².